The fourth-order valence-electron chi connectivity index (χ4n) is 1.60. The highest BCUT2D eigenvalue weighted by Crippen LogP contribution is 2.20. The van der Waals surface area contributed by atoms with Gasteiger partial charge in [-0.1, -0.05) is 13.3 Å². The smallest absolute Gasteiger partial charge is 0.203 e. The predicted molar refractivity (Wildman–Crippen MR) is 44.9 cm³/mol. The number of hydrogen-bond donors (Lipinski definition) is 1. The molecule has 1 aliphatic heterocycles. The van der Waals surface area contributed by atoms with Gasteiger partial charge in [0.1, 0.15) is 0 Å². The third kappa shape index (κ3) is 2.45. The molecule has 0 bridgehead atoms. The molecule has 11 heavy (non-hydrogen) atoms. The lowest BCUT2D eigenvalue weighted by Crippen LogP contribution is -2.18. The number of hydrogen-bond acceptors (Lipinski definition) is 2. The van der Waals surface area contributed by atoms with Gasteiger partial charge in [0, 0.05) is 13.1 Å². The topological polar surface area (TPSA) is 37.4 Å². The van der Waals surface area contributed by atoms with Crippen molar-refractivity contribution in [2.24, 2.45) is 5.92 Å². The van der Waals surface area contributed by atoms with Crippen molar-refractivity contribution in [2.75, 3.05) is 13.1 Å². The SMILES string of the molecule is CCCC1CCN([SH](=O)=O)C1. The highest BCUT2D eigenvalue weighted by Gasteiger charge is 2.22. The van der Waals surface area contributed by atoms with Crippen molar-refractivity contribution in [3.8, 4) is 0 Å². The first-order chi connectivity index (χ1) is 5.24. The van der Waals surface area contributed by atoms with Crippen LogP contribution < -0.4 is 0 Å². The van der Waals surface area contributed by atoms with E-state index in [0.29, 0.717) is 5.92 Å². The minimum Gasteiger partial charge on any atom is -0.215 e. The van der Waals surface area contributed by atoms with Gasteiger partial charge in [0.05, 0.1) is 0 Å². The molecule has 0 radical (unpaired) electrons. The Morgan fingerprint density at radius 1 is 1.55 bits per heavy atom. The Kier molecular flexibility index (Phi) is 3.33. The molecule has 4 heteroatoms. The lowest BCUT2D eigenvalue weighted by molar-refractivity contribution is 0.457. The third-order valence-corrected chi connectivity index (χ3v) is 3.02. The fourth-order valence-corrected chi connectivity index (χ4v) is 2.25. The van der Waals surface area contributed by atoms with E-state index in [0.717, 1.165) is 25.9 Å². The zero-order valence-electron chi connectivity index (χ0n) is 6.82. The minimum atomic E-state index is -2.31. The Hall–Kier alpha value is -0.0900. The Morgan fingerprint density at radius 3 is 2.73 bits per heavy atom. The monoisotopic (exact) mass is 177 g/mol. The number of rotatable bonds is 3. The molecule has 1 fully saturated rings. The lowest BCUT2D eigenvalue weighted by Gasteiger charge is -2.06. The quantitative estimate of drug-likeness (QED) is 0.642. The van der Waals surface area contributed by atoms with E-state index in [1.165, 1.54) is 6.42 Å². The molecule has 0 amide bonds. The maximum Gasteiger partial charge on any atom is 0.203 e. The second kappa shape index (κ2) is 4.07. The van der Waals surface area contributed by atoms with Crippen LogP contribution in [0.5, 0.6) is 0 Å². The summed E-state index contributed by atoms with van der Waals surface area (Å²) < 4.78 is 22.6. The second-order valence-corrected chi connectivity index (χ2v) is 4.14. The molecule has 1 saturated heterocycles. The van der Waals surface area contributed by atoms with Crippen molar-refractivity contribution in [3.05, 3.63) is 0 Å². The summed E-state index contributed by atoms with van der Waals surface area (Å²) in [6, 6.07) is 0. The zero-order chi connectivity index (χ0) is 8.27. The zero-order valence-corrected chi connectivity index (χ0v) is 7.72. The molecule has 0 spiro atoms. The van der Waals surface area contributed by atoms with Crippen LogP contribution in [0.1, 0.15) is 26.2 Å². The molecule has 1 heterocycles. The van der Waals surface area contributed by atoms with Crippen molar-refractivity contribution in [2.45, 2.75) is 26.2 Å². The molecule has 3 nitrogen and oxygen atoms in total. The van der Waals surface area contributed by atoms with E-state index in [2.05, 4.69) is 6.92 Å². The van der Waals surface area contributed by atoms with Crippen LogP contribution in [0, 0.1) is 5.92 Å². The van der Waals surface area contributed by atoms with E-state index in [1.54, 1.807) is 4.31 Å². The van der Waals surface area contributed by atoms with Crippen LogP contribution in [0.2, 0.25) is 0 Å². The summed E-state index contributed by atoms with van der Waals surface area (Å²) in [6.45, 7) is 3.63. The van der Waals surface area contributed by atoms with Crippen molar-refractivity contribution >= 4 is 10.9 Å². The first kappa shape index (κ1) is 9.00. The average molecular weight is 177 g/mol. The van der Waals surface area contributed by atoms with Gasteiger partial charge < -0.3 is 0 Å². The van der Waals surface area contributed by atoms with E-state index >= 15 is 0 Å². The van der Waals surface area contributed by atoms with Crippen LogP contribution in [0.3, 0.4) is 0 Å². The summed E-state index contributed by atoms with van der Waals surface area (Å²) in [7, 11) is -2.31. The maximum absolute atomic E-state index is 10.5. The summed E-state index contributed by atoms with van der Waals surface area (Å²) in [5, 5.41) is 0. The van der Waals surface area contributed by atoms with Gasteiger partial charge in [-0.2, -0.15) is 0 Å². The third-order valence-electron chi connectivity index (χ3n) is 2.19. The van der Waals surface area contributed by atoms with E-state index < -0.39 is 10.9 Å². The fraction of sp³-hybridized carbons (Fsp3) is 1.00. The molecule has 0 aliphatic carbocycles. The van der Waals surface area contributed by atoms with Gasteiger partial charge in [-0.3, -0.25) is 0 Å². The van der Waals surface area contributed by atoms with Gasteiger partial charge in [0.2, 0.25) is 10.9 Å². The molecule has 1 atom stereocenters. The normalized spacial score (nSPS) is 26.5. The van der Waals surface area contributed by atoms with E-state index in [4.69, 9.17) is 0 Å². The molecule has 0 aromatic rings. The Labute approximate surface area is 69.5 Å². The van der Waals surface area contributed by atoms with Crippen LogP contribution in [-0.2, 0) is 10.9 Å². The molecule has 1 rings (SSSR count). The molecule has 0 aromatic carbocycles. The standard InChI is InChI=1S/C7H15NO2S/c1-2-3-7-4-5-8(6-7)11(9)10/h7,11H,2-6H2,1H3. The highest BCUT2D eigenvalue weighted by molar-refractivity contribution is 7.69. The predicted octanol–water partition coefficient (Wildman–Crippen LogP) is 0.635. The summed E-state index contributed by atoms with van der Waals surface area (Å²) in [5.41, 5.74) is 0. The van der Waals surface area contributed by atoms with Gasteiger partial charge in [-0.05, 0) is 18.8 Å². The number of nitrogens with zero attached hydrogens (tertiary/aromatic N) is 1. The Morgan fingerprint density at radius 2 is 2.27 bits per heavy atom. The van der Waals surface area contributed by atoms with Gasteiger partial charge in [-0.15, -0.1) is 0 Å². The molecular weight excluding hydrogens is 162 g/mol. The Bertz CT molecular complexity index is 183. The largest absolute Gasteiger partial charge is 0.215 e. The van der Waals surface area contributed by atoms with Crippen LogP contribution in [-0.4, -0.2) is 25.8 Å². The Balaban J connectivity index is 2.34. The molecule has 1 aliphatic rings. The second-order valence-electron chi connectivity index (χ2n) is 3.09. The average Bonchev–Trinajstić information content (AvgIpc) is 2.37. The summed E-state index contributed by atoms with van der Waals surface area (Å²) in [4.78, 5) is 0. The molecular formula is C7H15NO2S. The summed E-state index contributed by atoms with van der Waals surface area (Å²) in [5.74, 6) is 0.618. The molecule has 0 saturated carbocycles. The highest BCUT2D eigenvalue weighted by atomic mass is 32.2. The van der Waals surface area contributed by atoms with Crippen molar-refractivity contribution in [1.82, 2.24) is 4.31 Å². The van der Waals surface area contributed by atoms with Crippen LogP contribution in [0.4, 0.5) is 0 Å². The summed E-state index contributed by atoms with van der Waals surface area (Å²) in [6.07, 6.45) is 3.38. The maximum atomic E-state index is 10.5. The van der Waals surface area contributed by atoms with Gasteiger partial charge in [-0.25, -0.2) is 12.7 Å². The van der Waals surface area contributed by atoms with Crippen molar-refractivity contribution in [1.29, 1.82) is 0 Å². The van der Waals surface area contributed by atoms with Gasteiger partial charge in [0.15, 0.2) is 0 Å². The van der Waals surface area contributed by atoms with Crippen molar-refractivity contribution in [3.63, 3.8) is 0 Å². The van der Waals surface area contributed by atoms with Crippen LogP contribution in [0.25, 0.3) is 0 Å². The lowest BCUT2D eigenvalue weighted by atomic mass is 10.0. The van der Waals surface area contributed by atoms with Crippen molar-refractivity contribution < 1.29 is 8.42 Å². The van der Waals surface area contributed by atoms with E-state index in [-0.39, 0.29) is 0 Å². The van der Waals surface area contributed by atoms with Crippen LogP contribution in [0.15, 0.2) is 0 Å². The molecule has 66 valence electrons. The molecule has 0 N–H and O–H groups in total. The molecule has 0 aromatic heterocycles. The van der Waals surface area contributed by atoms with E-state index in [9.17, 15) is 8.42 Å². The minimum absolute atomic E-state index is 0.618. The first-order valence-corrected chi connectivity index (χ1v) is 5.26. The summed E-state index contributed by atoms with van der Waals surface area (Å²) >= 11 is 0. The number of thiol groups is 1. The van der Waals surface area contributed by atoms with E-state index in [1.807, 2.05) is 0 Å². The molecule has 1 unspecified atom stereocenters. The first-order valence-electron chi connectivity index (χ1n) is 4.13. The van der Waals surface area contributed by atoms with Gasteiger partial charge in [0.25, 0.3) is 0 Å². The van der Waals surface area contributed by atoms with Gasteiger partial charge >= 0.3 is 0 Å². The van der Waals surface area contributed by atoms with Crippen LogP contribution >= 0.6 is 0 Å².